The summed E-state index contributed by atoms with van der Waals surface area (Å²) in [6, 6.07) is 0. The zero-order chi connectivity index (χ0) is 11.5. The van der Waals surface area contributed by atoms with Gasteiger partial charge in [0.15, 0.2) is 9.84 Å². The molecule has 0 bridgehead atoms. The topological polar surface area (TPSA) is 37.4 Å². The quantitative estimate of drug-likeness (QED) is 0.741. The van der Waals surface area contributed by atoms with E-state index < -0.39 is 9.84 Å². The van der Waals surface area contributed by atoms with Crippen molar-refractivity contribution in [2.45, 2.75) is 45.6 Å². The molecule has 0 radical (unpaired) electrons. The first-order valence-corrected chi connectivity index (χ1v) is 7.71. The van der Waals surface area contributed by atoms with Crippen LogP contribution in [0, 0.1) is 0 Å². The van der Waals surface area contributed by atoms with Gasteiger partial charge in [-0.1, -0.05) is 20.3 Å². The van der Waals surface area contributed by atoms with Gasteiger partial charge in [0.25, 0.3) is 0 Å². The van der Waals surface area contributed by atoms with Crippen LogP contribution in [-0.2, 0) is 9.84 Å². The molecular formula is C11H23NO2S. The van der Waals surface area contributed by atoms with Crippen LogP contribution in [0.25, 0.3) is 0 Å². The van der Waals surface area contributed by atoms with Crippen LogP contribution in [0.15, 0.2) is 0 Å². The second-order valence-corrected chi connectivity index (χ2v) is 7.04. The fourth-order valence-corrected chi connectivity index (χ4v) is 3.55. The summed E-state index contributed by atoms with van der Waals surface area (Å²) in [7, 11) is -2.74. The Morgan fingerprint density at radius 2 is 1.73 bits per heavy atom. The van der Waals surface area contributed by atoms with Gasteiger partial charge in [-0.05, 0) is 19.8 Å². The summed E-state index contributed by atoms with van der Waals surface area (Å²) < 4.78 is 22.7. The minimum Gasteiger partial charge on any atom is -0.296 e. The van der Waals surface area contributed by atoms with Crippen LogP contribution < -0.4 is 0 Å². The molecule has 0 spiro atoms. The average molecular weight is 233 g/mol. The number of nitrogens with zero attached hydrogens (tertiary/aromatic N) is 1. The molecule has 0 aliphatic carbocycles. The summed E-state index contributed by atoms with van der Waals surface area (Å²) in [4.78, 5) is 2.36. The second kappa shape index (κ2) is 4.83. The fraction of sp³-hybridized carbons (Fsp3) is 1.00. The van der Waals surface area contributed by atoms with Gasteiger partial charge in [0.1, 0.15) is 0 Å². The number of rotatable bonds is 4. The van der Waals surface area contributed by atoms with E-state index in [0.717, 1.165) is 19.3 Å². The molecule has 0 aromatic rings. The van der Waals surface area contributed by atoms with E-state index >= 15 is 0 Å². The first-order chi connectivity index (χ1) is 6.93. The average Bonchev–Trinajstić information content (AvgIpc) is 2.17. The first kappa shape index (κ1) is 13.0. The SMILES string of the molecule is CCCC(C)(CC)N1CCS(=O)(=O)CC1. The largest absolute Gasteiger partial charge is 0.296 e. The normalized spacial score (nSPS) is 26.1. The van der Waals surface area contributed by atoms with Crippen molar-refractivity contribution in [2.75, 3.05) is 24.6 Å². The Labute approximate surface area is 93.8 Å². The number of hydrogen-bond acceptors (Lipinski definition) is 3. The van der Waals surface area contributed by atoms with E-state index in [4.69, 9.17) is 0 Å². The summed E-state index contributed by atoms with van der Waals surface area (Å²) in [5.41, 5.74) is 0.199. The van der Waals surface area contributed by atoms with Gasteiger partial charge in [-0.3, -0.25) is 4.90 Å². The predicted octanol–water partition coefficient (Wildman–Crippen LogP) is 1.69. The minimum absolute atomic E-state index is 0.199. The molecule has 15 heavy (non-hydrogen) atoms. The lowest BCUT2D eigenvalue weighted by Crippen LogP contribution is -2.52. The highest BCUT2D eigenvalue weighted by atomic mass is 32.2. The first-order valence-electron chi connectivity index (χ1n) is 5.89. The van der Waals surface area contributed by atoms with Gasteiger partial charge in [0, 0.05) is 18.6 Å². The van der Waals surface area contributed by atoms with Crippen molar-refractivity contribution in [1.82, 2.24) is 4.90 Å². The van der Waals surface area contributed by atoms with Crippen LogP contribution in [0.3, 0.4) is 0 Å². The lowest BCUT2D eigenvalue weighted by atomic mass is 9.91. The Morgan fingerprint density at radius 3 is 2.13 bits per heavy atom. The van der Waals surface area contributed by atoms with Gasteiger partial charge >= 0.3 is 0 Å². The highest BCUT2D eigenvalue weighted by molar-refractivity contribution is 7.91. The van der Waals surface area contributed by atoms with Crippen LogP contribution >= 0.6 is 0 Å². The van der Waals surface area contributed by atoms with Crippen molar-refractivity contribution >= 4 is 9.84 Å². The van der Waals surface area contributed by atoms with Crippen LogP contribution in [0.5, 0.6) is 0 Å². The number of sulfone groups is 1. The van der Waals surface area contributed by atoms with Crippen molar-refractivity contribution in [3.05, 3.63) is 0 Å². The third-order valence-electron chi connectivity index (χ3n) is 3.66. The fourth-order valence-electron chi connectivity index (χ4n) is 2.35. The Balaban J connectivity index is 2.64. The standard InChI is InChI=1S/C11H23NO2S/c1-4-6-11(3,5-2)12-7-9-15(13,14)10-8-12/h4-10H2,1-3H3. The second-order valence-electron chi connectivity index (χ2n) is 4.74. The molecule has 4 heteroatoms. The Hall–Kier alpha value is -0.0900. The van der Waals surface area contributed by atoms with E-state index in [-0.39, 0.29) is 5.54 Å². The molecule has 0 aromatic carbocycles. The van der Waals surface area contributed by atoms with E-state index in [1.54, 1.807) is 0 Å². The molecule has 1 aliphatic rings. The maximum Gasteiger partial charge on any atom is 0.152 e. The molecule has 90 valence electrons. The molecule has 1 fully saturated rings. The van der Waals surface area contributed by atoms with E-state index in [0.29, 0.717) is 24.6 Å². The van der Waals surface area contributed by atoms with Gasteiger partial charge < -0.3 is 0 Å². The third kappa shape index (κ3) is 3.18. The zero-order valence-electron chi connectivity index (χ0n) is 10.1. The summed E-state index contributed by atoms with van der Waals surface area (Å²) in [5, 5.41) is 0. The molecule has 1 aliphatic heterocycles. The van der Waals surface area contributed by atoms with Crippen LogP contribution in [-0.4, -0.2) is 43.5 Å². The molecule has 0 N–H and O–H groups in total. The summed E-state index contributed by atoms with van der Waals surface area (Å²) in [5.74, 6) is 0.679. The smallest absolute Gasteiger partial charge is 0.152 e. The zero-order valence-corrected chi connectivity index (χ0v) is 10.9. The minimum atomic E-state index is -2.74. The Morgan fingerprint density at radius 1 is 1.20 bits per heavy atom. The predicted molar refractivity (Wildman–Crippen MR) is 63.8 cm³/mol. The summed E-state index contributed by atoms with van der Waals surface area (Å²) >= 11 is 0. The van der Waals surface area contributed by atoms with Gasteiger partial charge in [-0.2, -0.15) is 0 Å². The van der Waals surface area contributed by atoms with Crippen LogP contribution in [0.1, 0.15) is 40.0 Å². The van der Waals surface area contributed by atoms with Crippen molar-refractivity contribution in [3.63, 3.8) is 0 Å². The molecule has 1 atom stereocenters. The number of hydrogen-bond donors (Lipinski definition) is 0. The van der Waals surface area contributed by atoms with Gasteiger partial charge in [-0.15, -0.1) is 0 Å². The monoisotopic (exact) mass is 233 g/mol. The van der Waals surface area contributed by atoms with Crippen LogP contribution in [0.4, 0.5) is 0 Å². The maximum atomic E-state index is 11.3. The molecule has 1 heterocycles. The molecule has 0 amide bonds. The molecule has 3 nitrogen and oxygen atoms in total. The maximum absolute atomic E-state index is 11.3. The molecule has 0 saturated carbocycles. The summed E-state index contributed by atoms with van der Waals surface area (Å²) in [6.45, 7) is 8.07. The molecule has 0 aromatic heterocycles. The van der Waals surface area contributed by atoms with Crippen molar-refractivity contribution < 1.29 is 8.42 Å². The lowest BCUT2D eigenvalue weighted by Gasteiger charge is -2.43. The van der Waals surface area contributed by atoms with Gasteiger partial charge in [0.05, 0.1) is 11.5 Å². The van der Waals surface area contributed by atoms with Gasteiger partial charge in [-0.25, -0.2) is 8.42 Å². The molecule has 1 unspecified atom stereocenters. The van der Waals surface area contributed by atoms with Crippen molar-refractivity contribution in [3.8, 4) is 0 Å². The van der Waals surface area contributed by atoms with E-state index in [1.807, 2.05) is 0 Å². The van der Waals surface area contributed by atoms with Crippen molar-refractivity contribution in [2.24, 2.45) is 0 Å². The molecule has 1 rings (SSSR count). The van der Waals surface area contributed by atoms with E-state index in [2.05, 4.69) is 25.7 Å². The lowest BCUT2D eigenvalue weighted by molar-refractivity contribution is 0.0993. The molecule has 1 saturated heterocycles. The van der Waals surface area contributed by atoms with E-state index in [1.165, 1.54) is 0 Å². The Kier molecular flexibility index (Phi) is 4.18. The third-order valence-corrected chi connectivity index (χ3v) is 5.27. The van der Waals surface area contributed by atoms with Crippen molar-refractivity contribution in [1.29, 1.82) is 0 Å². The highest BCUT2D eigenvalue weighted by Crippen LogP contribution is 2.26. The highest BCUT2D eigenvalue weighted by Gasteiger charge is 2.33. The molecular weight excluding hydrogens is 210 g/mol. The van der Waals surface area contributed by atoms with Gasteiger partial charge in [0.2, 0.25) is 0 Å². The van der Waals surface area contributed by atoms with Crippen LogP contribution in [0.2, 0.25) is 0 Å². The Bertz CT molecular complexity index is 286. The summed E-state index contributed by atoms with van der Waals surface area (Å²) in [6.07, 6.45) is 3.41. The van der Waals surface area contributed by atoms with E-state index in [9.17, 15) is 8.42 Å².